The van der Waals surface area contributed by atoms with E-state index in [1.165, 1.54) is 42.8 Å². The zero-order chi connectivity index (χ0) is 13.2. The molecule has 2 aliphatic heterocycles. The molecule has 1 N–H and O–H groups in total. The quantitative estimate of drug-likeness (QED) is 0.918. The summed E-state index contributed by atoms with van der Waals surface area (Å²) in [5, 5.41) is 7.21. The molecule has 0 spiro atoms. The summed E-state index contributed by atoms with van der Waals surface area (Å²) in [6.07, 6.45) is 7.90. The lowest BCUT2D eigenvalue weighted by molar-refractivity contribution is 0.0482. The third kappa shape index (κ3) is 3.01. The van der Waals surface area contributed by atoms with Gasteiger partial charge in [-0.15, -0.1) is 11.3 Å². The second kappa shape index (κ2) is 5.90. The Bertz CT molecular complexity index is 403. The topological polar surface area (TPSA) is 28.2 Å². The van der Waals surface area contributed by atoms with Gasteiger partial charge >= 0.3 is 0 Å². The molecule has 1 aromatic heterocycles. The Labute approximate surface area is 120 Å². The Morgan fingerprint density at radius 3 is 2.74 bits per heavy atom. The van der Waals surface area contributed by atoms with Gasteiger partial charge < -0.3 is 10.2 Å². The van der Waals surface area contributed by atoms with Gasteiger partial charge in [0.05, 0.1) is 10.7 Å². The summed E-state index contributed by atoms with van der Waals surface area (Å²) in [5.41, 5.74) is 1.23. The Morgan fingerprint density at radius 1 is 1.37 bits per heavy atom. The fourth-order valence-electron chi connectivity index (χ4n) is 3.62. The number of hydrogen-bond donors (Lipinski definition) is 1. The first kappa shape index (κ1) is 13.5. The second-order valence-electron chi connectivity index (χ2n) is 6.04. The third-order valence-electron chi connectivity index (χ3n) is 4.81. The molecular weight excluding hydrogens is 254 g/mol. The van der Waals surface area contributed by atoms with Crippen LogP contribution < -0.4 is 5.32 Å². The fourth-order valence-corrected chi connectivity index (χ4v) is 4.37. The van der Waals surface area contributed by atoms with E-state index in [9.17, 15) is 0 Å². The molecule has 1 aromatic rings. The maximum Gasteiger partial charge on any atom is 0.0926 e. The molecule has 3 rings (SSSR count). The molecule has 0 saturated carbocycles. The maximum absolute atomic E-state index is 4.65. The van der Waals surface area contributed by atoms with Crippen LogP contribution in [-0.2, 0) is 13.0 Å². The summed E-state index contributed by atoms with van der Waals surface area (Å²) in [4.78, 5) is 7.27. The first-order valence-electron chi connectivity index (χ1n) is 7.65. The highest BCUT2D eigenvalue weighted by Gasteiger charge is 2.35. The van der Waals surface area contributed by atoms with Gasteiger partial charge in [-0.2, -0.15) is 0 Å². The van der Waals surface area contributed by atoms with Crippen LogP contribution in [0.15, 0.2) is 5.38 Å². The molecular formula is C15H25N3S. The Kier molecular flexibility index (Phi) is 4.20. The van der Waals surface area contributed by atoms with E-state index in [4.69, 9.17) is 0 Å². The van der Waals surface area contributed by atoms with Crippen LogP contribution >= 0.6 is 11.3 Å². The summed E-state index contributed by atoms with van der Waals surface area (Å²) >= 11 is 1.79. The summed E-state index contributed by atoms with van der Waals surface area (Å²) in [5.74, 6) is 0. The van der Waals surface area contributed by atoms with E-state index >= 15 is 0 Å². The van der Waals surface area contributed by atoms with Crippen molar-refractivity contribution in [3.05, 3.63) is 16.1 Å². The van der Waals surface area contributed by atoms with Crippen LogP contribution in [0.25, 0.3) is 0 Å². The third-order valence-corrected chi connectivity index (χ3v) is 5.86. The molecule has 106 valence electrons. The van der Waals surface area contributed by atoms with E-state index in [1.807, 2.05) is 0 Å². The minimum absolute atomic E-state index is 0.693. The minimum atomic E-state index is 0.693. The molecule has 2 aliphatic rings. The lowest BCUT2D eigenvalue weighted by atomic mass is 9.82. The molecule has 2 bridgehead atoms. The van der Waals surface area contributed by atoms with Crippen LogP contribution in [0.4, 0.5) is 0 Å². The van der Waals surface area contributed by atoms with Crippen LogP contribution in [0.1, 0.15) is 49.7 Å². The van der Waals surface area contributed by atoms with E-state index in [0.29, 0.717) is 6.04 Å². The number of piperidine rings is 2. The fraction of sp³-hybridized carbons (Fsp3) is 0.800. The molecule has 2 unspecified atom stereocenters. The average molecular weight is 279 g/mol. The van der Waals surface area contributed by atoms with Crippen molar-refractivity contribution in [2.75, 3.05) is 7.05 Å². The molecule has 3 nitrogen and oxygen atoms in total. The number of thiazole rings is 1. The largest absolute Gasteiger partial charge is 0.308 e. The standard InChI is InChI=1S/C15H25N3S/c1-3-15-17-12(10-19-15)9-16-11-7-13-5-4-6-14(8-11)18(13)2/h10-11,13-14,16H,3-9H2,1-2H3. The van der Waals surface area contributed by atoms with Gasteiger partial charge in [-0.1, -0.05) is 13.3 Å². The van der Waals surface area contributed by atoms with E-state index in [1.54, 1.807) is 11.3 Å². The first-order chi connectivity index (χ1) is 9.26. The normalized spacial score (nSPS) is 31.6. The van der Waals surface area contributed by atoms with Gasteiger partial charge in [0.1, 0.15) is 0 Å². The summed E-state index contributed by atoms with van der Waals surface area (Å²) in [6, 6.07) is 2.32. The molecule has 2 saturated heterocycles. The van der Waals surface area contributed by atoms with E-state index < -0.39 is 0 Å². The van der Waals surface area contributed by atoms with Crippen molar-refractivity contribution in [1.82, 2.24) is 15.2 Å². The Hall–Kier alpha value is -0.450. The number of nitrogens with one attached hydrogen (secondary N) is 1. The van der Waals surface area contributed by atoms with Gasteiger partial charge in [0.25, 0.3) is 0 Å². The van der Waals surface area contributed by atoms with Crippen LogP contribution in [0.3, 0.4) is 0 Å². The van der Waals surface area contributed by atoms with Crippen molar-refractivity contribution in [3.8, 4) is 0 Å². The number of aromatic nitrogens is 1. The molecule has 0 aromatic carbocycles. The number of hydrogen-bond acceptors (Lipinski definition) is 4. The lowest BCUT2D eigenvalue weighted by Gasteiger charge is -2.47. The van der Waals surface area contributed by atoms with Crippen molar-refractivity contribution in [1.29, 1.82) is 0 Å². The van der Waals surface area contributed by atoms with Gasteiger partial charge in [-0.25, -0.2) is 4.98 Å². The van der Waals surface area contributed by atoms with Crippen LogP contribution in [0.2, 0.25) is 0 Å². The van der Waals surface area contributed by atoms with Crippen LogP contribution in [0.5, 0.6) is 0 Å². The monoisotopic (exact) mass is 279 g/mol. The maximum atomic E-state index is 4.65. The zero-order valence-corrected chi connectivity index (χ0v) is 12.9. The average Bonchev–Trinajstić information content (AvgIpc) is 2.85. The highest BCUT2D eigenvalue weighted by Crippen LogP contribution is 2.32. The molecule has 2 atom stereocenters. The van der Waals surface area contributed by atoms with Gasteiger partial charge in [0.15, 0.2) is 0 Å². The van der Waals surface area contributed by atoms with Crippen molar-refractivity contribution in [2.24, 2.45) is 0 Å². The highest BCUT2D eigenvalue weighted by atomic mass is 32.1. The first-order valence-corrected chi connectivity index (χ1v) is 8.52. The second-order valence-corrected chi connectivity index (χ2v) is 6.98. The minimum Gasteiger partial charge on any atom is -0.308 e. The molecule has 4 heteroatoms. The zero-order valence-electron chi connectivity index (χ0n) is 12.1. The van der Waals surface area contributed by atoms with Crippen LogP contribution in [-0.4, -0.2) is 35.1 Å². The molecule has 0 radical (unpaired) electrons. The molecule has 19 heavy (non-hydrogen) atoms. The van der Waals surface area contributed by atoms with Gasteiger partial charge in [-0.3, -0.25) is 0 Å². The van der Waals surface area contributed by atoms with Crippen molar-refractivity contribution < 1.29 is 0 Å². The number of nitrogens with zero attached hydrogens (tertiary/aromatic N) is 2. The Morgan fingerprint density at radius 2 is 2.11 bits per heavy atom. The smallest absolute Gasteiger partial charge is 0.0926 e. The molecule has 2 fully saturated rings. The summed E-state index contributed by atoms with van der Waals surface area (Å²) in [6.45, 7) is 3.12. The summed E-state index contributed by atoms with van der Waals surface area (Å²) in [7, 11) is 2.32. The number of rotatable bonds is 4. The van der Waals surface area contributed by atoms with Crippen molar-refractivity contribution in [3.63, 3.8) is 0 Å². The van der Waals surface area contributed by atoms with Crippen molar-refractivity contribution >= 4 is 11.3 Å². The molecule has 0 amide bonds. The Balaban J connectivity index is 1.53. The molecule has 3 heterocycles. The number of fused-ring (bicyclic) bond motifs is 2. The van der Waals surface area contributed by atoms with Gasteiger partial charge in [0.2, 0.25) is 0 Å². The van der Waals surface area contributed by atoms with Gasteiger partial charge in [-0.05, 0) is 39.2 Å². The lowest BCUT2D eigenvalue weighted by Crippen LogP contribution is -2.54. The summed E-state index contributed by atoms with van der Waals surface area (Å²) < 4.78 is 0. The van der Waals surface area contributed by atoms with E-state index in [0.717, 1.165) is 25.0 Å². The van der Waals surface area contributed by atoms with Crippen LogP contribution in [0, 0.1) is 0 Å². The van der Waals surface area contributed by atoms with E-state index in [-0.39, 0.29) is 0 Å². The predicted molar refractivity (Wildman–Crippen MR) is 80.5 cm³/mol. The highest BCUT2D eigenvalue weighted by molar-refractivity contribution is 7.09. The van der Waals surface area contributed by atoms with Crippen molar-refractivity contribution in [2.45, 2.75) is 70.1 Å². The predicted octanol–water partition coefficient (Wildman–Crippen LogP) is 2.81. The van der Waals surface area contributed by atoms with Gasteiger partial charge in [0, 0.05) is 30.1 Å². The SMILES string of the molecule is CCc1nc(CNC2CC3CCCC(C2)N3C)cs1. The van der Waals surface area contributed by atoms with E-state index in [2.05, 4.69) is 34.6 Å². The molecule has 0 aliphatic carbocycles. The number of aryl methyl sites for hydroxylation is 1.